The van der Waals surface area contributed by atoms with Crippen LogP contribution in [0.3, 0.4) is 0 Å². The number of carbonyl (C=O) groups excluding carboxylic acids is 1. The Morgan fingerprint density at radius 1 is 1.12 bits per heavy atom. The number of piperazine rings is 1. The van der Waals surface area contributed by atoms with Crippen molar-refractivity contribution in [3.05, 3.63) is 58.9 Å². The van der Waals surface area contributed by atoms with Gasteiger partial charge in [-0.1, -0.05) is 23.5 Å². The Labute approximate surface area is 155 Å². The van der Waals surface area contributed by atoms with E-state index in [4.69, 9.17) is 4.98 Å². The van der Waals surface area contributed by atoms with Crippen LogP contribution in [0.5, 0.6) is 0 Å². The number of benzene rings is 2. The second-order valence-electron chi connectivity index (χ2n) is 6.64. The lowest BCUT2D eigenvalue weighted by atomic mass is 10.1. The molecule has 6 heteroatoms. The molecule has 1 aliphatic rings. The normalized spacial score (nSPS) is 14.9. The van der Waals surface area contributed by atoms with Gasteiger partial charge in [0, 0.05) is 31.7 Å². The summed E-state index contributed by atoms with van der Waals surface area (Å²) >= 11 is 1.70. The number of fused-ring (bicyclic) bond motifs is 1. The number of hydrogen-bond donors (Lipinski definition) is 0. The summed E-state index contributed by atoms with van der Waals surface area (Å²) in [6.07, 6.45) is 0. The summed E-state index contributed by atoms with van der Waals surface area (Å²) in [5, 5.41) is 1.01. The average molecular weight is 369 g/mol. The number of thiazole rings is 1. The summed E-state index contributed by atoms with van der Waals surface area (Å²) in [7, 11) is 0. The van der Waals surface area contributed by atoms with Crippen LogP contribution < -0.4 is 4.90 Å². The van der Waals surface area contributed by atoms with E-state index < -0.39 is 0 Å². The minimum absolute atomic E-state index is 0.111. The van der Waals surface area contributed by atoms with Crippen molar-refractivity contribution in [3.8, 4) is 0 Å². The SMILES string of the molecule is Cc1ccc2sc(N3CCN(C(=O)c4cccc(F)c4)CC3)nc2c1C. The minimum Gasteiger partial charge on any atom is -0.345 e. The predicted molar refractivity (Wildman–Crippen MR) is 104 cm³/mol. The van der Waals surface area contributed by atoms with Gasteiger partial charge < -0.3 is 9.80 Å². The fraction of sp³-hybridized carbons (Fsp3) is 0.300. The summed E-state index contributed by atoms with van der Waals surface area (Å²) in [6.45, 7) is 6.91. The lowest BCUT2D eigenvalue weighted by molar-refractivity contribution is 0.0746. The van der Waals surface area contributed by atoms with Crippen LogP contribution in [-0.4, -0.2) is 42.0 Å². The highest BCUT2D eigenvalue weighted by molar-refractivity contribution is 7.22. The molecule has 0 radical (unpaired) electrons. The monoisotopic (exact) mass is 369 g/mol. The van der Waals surface area contributed by atoms with Crippen LogP contribution >= 0.6 is 11.3 Å². The Hall–Kier alpha value is -2.47. The van der Waals surface area contributed by atoms with E-state index in [9.17, 15) is 9.18 Å². The molecule has 0 saturated carbocycles. The maximum Gasteiger partial charge on any atom is 0.254 e. The third-order valence-electron chi connectivity index (χ3n) is 4.98. The maximum atomic E-state index is 13.4. The van der Waals surface area contributed by atoms with Crippen molar-refractivity contribution in [3.63, 3.8) is 0 Å². The van der Waals surface area contributed by atoms with E-state index >= 15 is 0 Å². The Morgan fingerprint density at radius 3 is 2.62 bits per heavy atom. The molecule has 0 atom stereocenters. The van der Waals surface area contributed by atoms with Crippen molar-refractivity contribution < 1.29 is 9.18 Å². The molecule has 1 aromatic heterocycles. The molecule has 1 fully saturated rings. The first-order valence-electron chi connectivity index (χ1n) is 8.69. The van der Waals surface area contributed by atoms with Crippen molar-refractivity contribution in [2.24, 2.45) is 0 Å². The molecule has 2 aromatic carbocycles. The second kappa shape index (κ2) is 6.68. The van der Waals surface area contributed by atoms with Gasteiger partial charge in [0.15, 0.2) is 5.13 Å². The maximum absolute atomic E-state index is 13.4. The first-order valence-corrected chi connectivity index (χ1v) is 9.51. The van der Waals surface area contributed by atoms with Gasteiger partial charge >= 0.3 is 0 Å². The number of hydrogen-bond acceptors (Lipinski definition) is 4. The second-order valence-corrected chi connectivity index (χ2v) is 7.65. The Morgan fingerprint density at radius 2 is 1.88 bits per heavy atom. The van der Waals surface area contributed by atoms with Gasteiger partial charge in [-0.05, 0) is 49.2 Å². The van der Waals surface area contributed by atoms with Gasteiger partial charge in [0.2, 0.25) is 0 Å². The van der Waals surface area contributed by atoms with Crippen LogP contribution in [0.4, 0.5) is 9.52 Å². The number of halogens is 1. The topological polar surface area (TPSA) is 36.4 Å². The zero-order valence-corrected chi connectivity index (χ0v) is 15.6. The molecular weight excluding hydrogens is 349 g/mol. The van der Waals surface area contributed by atoms with E-state index in [-0.39, 0.29) is 11.7 Å². The molecule has 4 nitrogen and oxygen atoms in total. The summed E-state index contributed by atoms with van der Waals surface area (Å²) in [5.74, 6) is -0.491. The van der Waals surface area contributed by atoms with Gasteiger partial charge in [-0.25, -0.2) is 9.37 Å². The predicted octanol–water partition coefficient (Wildman–Crippen LogP) is 4.01. The summed E-state index contributed by atoms with van der Waals surface area (Å²) in [5.41, 5.74) is 3.96. The first-order chi connectivity index (χ1) is 12.5. The van der Waals surface area contributed by atoms with Gasteiger partial charge in [0.05, 0.1) is 10.2 Å². The molecule has 0 unspecified atom stereocenters. The van der Waals surface area contributed by atoms with E-state index in [0.717, 1.165) is 23.7 Å². The minimum atomic E-state index is -0.380. The van der Waals surface area contributed by atoms with Crippen LogP contribution in [0.1, 0.15) is 21.5 Å². The highest BCUT2D eigenvalue weighted by Crippen LogP contribution is 2.32. The highest BCUT2D eigenvalue weighted by atomic mass is 32.1. The summed E-state index contributed by atoms with van der Waals surface area (Å²) in [4.78, 5) is 21.4. The molecule has 3 aromatic rings. The van der Waals surface area contributed by atoms with E-state index in [2.05, 4.69) is 30.9 Å². The Kier molecular flexibility index (Phi) is 4.36. The highest BCUT2D eigenvalue weighted by Gasteiger charge is 2.24. The number of carbonyl (C=O) groups is 1. The quantitative estimate of drug-likeness (QED) is 0.685. The summed E-state index contributed by atoms with van der Waals surface area (Å²) in [6, 6.07) is 10.2. The van der Waals surface area contributed by atoms with Gasteiger partial charge in [-0.15, -0.1) is 0 Å². The average Bonchev–Trinajstić information content (AvgIpc) is 3.09. The molecule has 1 aliphatic heterocycles. The molecule has 26 heavy (non-hydrogen) atoms. The van der Waals surface area contributed by atoms with E-state index in [1.807, 2.05) is 0 Å². The van der Waals surface area contributed by atoms with Crippen LogP contribution in [0.25, 0.3) is 10.2 Å². The molecule has 134 valence electrons. The molecular formula is C20H20FN3OS. The molecule has 0 aliphatic carbocycles. The number of aromatic nitrogens is 1. The van der Waals surface area contributed by atoms with E-state index in [0.29, 0.717) is 18.7 Å². The fourth-order valence-corrected chi connectivity index (χ4v) is 4.33. The van der Waals surface area contributed by atoms with Crippen LogP contribution in [0.15, 0.2) is 36.4 Å². The zero-order valence-electron chi connectivity index (χ0n) is 14.8. The van der Waals surface area contributed by atoms with Crippen molar-refractivity contribution in [2.45, 2.75) is 13.8 Å². The van der Waals surface area contributed by atoms with Gasteiger partial charge in [-0.3, -0.25) is 4.79 Å². The van der Waals surface area contributed by atoms with Crippen molar-refractivity contribution in [1.29, 1.82) is 0 Å². The Balaban J connectivity index is 1.48. The zero-order chi connectivity index (χ0) is 18.3. The lowest BCUT2D eigenvalue weighted by Crippen LogP contribution is -2.48. The number of aryl methyl sites for hydroxylation is 2. The number of amides is 1. The molecule has 2 heterocycles. The third kappa shape index (κ3) is 3.05. The largest absolute Gasteiger partial charge is 0.345 e. The molecule has 1 amide bonds. The third-order valence-corrected chi connectivity index (χ3v) is 6.06. The molecule has 0 spiro atoms. The summed E-state index contributed by atoms with van der Waals surface area (Å²) < 4.78 is 14.6. The smallest absolute Gasteiger partial charge is 0.254 e. The van der Waals surface area contributed by atoms with Crippen LogP contribution in [0, 0.1) is 19.7 Å². The van der Waals surface area contributed by atoms with Crippen molar-refractivity contribution >= 4 is 32.6 Å². The van der Waals surface area contributed by atoms with Crippen LogP contribution in [0.2, 0.25) is 0 Å². The first kappa shape index (κ1) is 17.0. The van der Waals surface area contributed by atoms with Crippen LogP contribution in [-0.2, 0) is 0 Å². The molecule has 1 saturated heterocycles. The van der Waals surface area contributed by atoms with Gasteiger partial charge in [0.25, 0.3) is 5.91 Å². The fourth-order valence-electron chi connectivity index (χ4n) is 3.25. The number of rotatable bonds is 2. The van der Waals surface area contributed by atoms with Crippen molar-refractivity contribution in [1.82, 2.24) is 9.88 Å². The van der Waals surface area contributed by atoms with E-state index in [1.54, 1.807) is 28.4 Å². The Bertz CT molecular complexity index is 976. The van der Waals surface area contributed by atoms with Crippen molar-refractivity contribution in [2.75, 3.05) is 31.1 Å². The van der Waals surface area contributed by atoms with Gasteiger partial charge in [0.1, 0.15) is 5.82 Å². The standard InChI is InChI=1S/C20H20FN3OS/c1-13-6-7-17-18(14(13)2)22-20(26-17)24-10-8-23(9-11-24)19(25)15-4-3-5-16(21)12-15/h3-7,12H,8-11H2,1-2H3. The van der Waals surface area contributed by atoms with Gasteiger partial charge in [-0.2, -0.15) is 0 Å². The molecule has 4 rings (SSSR count). The molecule has 0 N–H and O–H groups in total. The lowest BCUT2D eigenvalue weighted by Gasteiger charge is -2.34. The number of anilines is 1. The van der Waals surface area contributed by atoms with E-state index in [1.165, 1.54) is 28.0 Å². The molecule has 0 bridgehead atoms. The number of nitrogens with zero attached hydrogens (tertiary/aromatic N) is 3.